The first-order valence-electron chi connectivity index (χ1n) is 7.65. The number of ether oxygens (including phenoxy) is 1. The molecule has 1 atom stereocenters. The number of nitrogens with zero attached hydrogens (tertiary/aromatic N) is 2. The van der Waals surface area contributed by atoms with Crippen LogP contribution in [0.3, 0.4) is 0 Å². The van der Waals surface area contributed by atoms with Crippen molar-refractivity contribution in [2.75, 3.05) is 20.3 Å². The molecule has 126 valence electrons. The summed E-state index contributed by atoms with van der Waals surface area (Å²) in [6, 6.07) is 6.88. The van der Waals surface area contributed by atoms with Gasteiger partial charge in [0.1, 0.15) is 12.6 Å². The van der Waals surface area contributed by atoms with E-state index in [-0.39, 0.29) is 19.6 Å². The van der Waals surface area contributed by atoms with E-state index >= 15 is 0 Å². The largest absolute Gasteiger partial charge is 0.375 e. The van der Waals surface area contributed by atoms with E-state index in [2.05, 4.69) is 10.3 Å². The maximum absolute atomic E-state index is 12.5. The number of para-hydroxylation sites is 1. The van der Waals surface area contributed by atoms with Gasteiger partial charge in [0.25, 0.3) is 5.91 Å². The number of methoxy groups -OCH3 is 1. The zero-order valence-electron chi connectivity index (χ0n) is 13.7. The number of carbonyl (C=O) groups is 2. The first-order chi connectivity index (χ1) is 11.6. The van der Waals surface area contributed by atoms with Gasteiger partial charge in [-0.25, -0.2) is 4.90 Å². The average Bonchev–Trinajstić information content (AvgIpc) is 2.98. The van der Waals surface area contributed by atoms with Gasteiger partial charge in [-0.05, 0) is 18.6 Å². The minimum Gasteiger partial charge on any atom is -0.375 e. The summed E-state index contributed by atoms with van der Waals surface area (Å²) >= 11 is 0. The molecule has 0 aliphatic rings. The van der Waals surface area contributed by atoms with Gasteiger partial charge in [0.05, 0.1) is 0 Å². The number of fused-ring (bicyclic) bond motifs is 1. The number of aromatic amines is 1. The summed E-state index contributed by atoms with van der Waals surface area (Å²) < 4.78 is 4.79. The van der Waals surface area contributed by atoms with E-state index in [1.54, 1.807) is 6.92 Å². The number of nitrogens with one attached hydrogen (secondary N) is 2. The van der Waals surface area contributed by atoms with Crippen LogP contribution < -0.4 is 5.32 Å². The second-order valence-electron chi connectivity index (χ2n) is 5.30. The number of amides is 2. The number of hydrogen-bond acceptors (Lipinski definition) is 4. The van der Waals surface area contributed by atoms with Crippen LogP contribution in [0.25, 0.3) is 10.9 Å². The number of H-pyrrole nitrogens is 1. The Hall–Kier alpha value is -2.85. The third kappa shape index (κ3) is 3.91. The molecule has 2 rings (SSSR count). The number of hydrogen-bond donors (Lipinski definition) is 2. The van der Waals surface area contributed by atoms with E-state index in [1.807, 2.05) is 36.7 Å². The summed E-state index contributed by atoms with van der Waals surface area (Å²) in [6.07, 6.45) is 3.95. The van der Waals surface area contributed by atoms with Crippen LogP contribution in [-0.4, -0.2) is 48.0 Å². The van der Waals surface area contributed by atoms with Crippen molar-refractivity contribution in [3.8, 4) is 6.19 Å². The lowest BCUT2D eigenvalue weighted by atomic mass is 10.0. The van der Waals surface area contributed by atoms with Crippen molar-refractivity contribution >= 4 is 22.7 Å². The summed E-state index contributed by atoms with van der Waals surface area (Å²) in [5.41, 5.74) is 1.85. The van der Waals surface area contributed by atoms with Crippen molar-refractivity contribution in [1.29, 1.82) is 5.26 Å². The molecule has 1 heterocycles. The molecule has 0 radical (unpaired) electrons. The zero-order chi connectivity index (χ0) is 17.5. The Morgan fingerprint density at radius 1 is 1.42 bits per heavy atom. The van der Waals surface area contributed by atoms with Crippen LogP contribution >= 0.6 is 0 Å². The fraction of sp³-hybridized carbons (Fsp3) is 0.353. The molecule has 1 aromatic heterocycles. The van der Waals surface area contributed by atoms with Gasteiger partial charge in [-0.15, -0.1) is 0 Å². The Bertz CT molecular complexity index is 763. The maximum Gasteiger partial charge on any atom is 0.258 e. The fourth-order valence-corrected chi connectivity index (χ4v) is 2.55. The number of nitriles is 1. The third-order valence-electron chi connectivity index (χ3n) is 3.71. The maximum atomic E-state index is 12.5. The van der Waals surface area contributed by atoms with Gasteiger partial charge in [0.2, 0.25) is 5.91 Å². The van der Waals surface area contributed by atoms with E-state index in [0.717, 1.165) is 21.4 Å². The van der Waals surface area contributed by atoms with Crippen LogP contribution in [0, 0.1) is 11.5 Å². The van der Waals surface area contributed by atoms with Crippen LogP contribution in [-0.2, 0) is 20.7 Å². The Morgan fingerprint density at radius 2 is 2.17 bits per heavy atom. The lowest BCUT2D eigenvalue weighted by molar-refractivity contribution is -0.135. The van der Waals surface area contributed by atoms with Crippen LogP contribution in [0.1, 0.15) is 12.5 Å². The Kier molecular flexibility index (Phi) is 5.93. The zero-order valence-corrected chi connectivity index (χ0v) is 13.7. The third-order valence-corrected chi connectivity index (χ3v) is 3.71. The molecule has 7 nitrogen and oxygen atoms in total. The smallest absolute Gasteiger partial charge is 0.258 e. The standard InChI is InChI=1S/C17H20N4O3/c1-3-21(11-18)17(23)15(20-16(22)10-24-2)8-12-9-19-14-7-5-4-6-13(12)14/h4-7,9,15,19H,3,8,10H2,1-2H3,(H,20,22). The van der Waals surface area contributed by atoms with Crippen molar-refractivity contribution in [2.45, 2.75) is 19.4 Å². The molecule has 0 spiro atoms. The first kappa shape index (κ1) is 17.5. The Balaban J connectivity index is 2.26. The van der Waals surface area contributed by atoms with Crippen LogP contribution in [0.2, 0.25) is 0 Å². The minimum atomic E-state index is -0.827. The van der Waals surface area contributed by atoms with E-state index in [4.69, 9.17) is 10.00 Å². The highest BCUT2D eigenvalue weighted by Crippen LogP contribution is 2.19. The quantitative estimate of drug-likeness (QED) is 0.589. The molecule has 2 amide bonds. The SMILES string of the molecule is CCN(C#N)C(=O)C(Cc1c[nH]c2ccccc12)NC(=O)COC. The number of benzene rings is 1. The van der Waals surface area contributed by atoms with Gasteiger partial charge in [0, 0.05) is 37.2 Å². The van der Waals surface area contributed by atoms with Crippen molar-refractivity contribution in [1.82, 2.24) is 15.2 Å². The van der Waals surface area contributed by atoms with Gasteiger partial charge < -0.3 is 15.0 Å². The van der Waals surface area contributed by atoms with Crippen molar-refractivity contribution < 1.29 is 14.3 Å². The van der Waals surface area contributed by atoms with Crippen LogP contribution in [0.15, 0.2) is 30.5 Å². The van der Waals surface area contributed by atoms with Gasteiger partial charge in [0.15, 0.2) is 6.19 Å². The molecule has 1 unspecified atom stereocenters. The van der Waals surface area contributed by atoms with Crippen molar-refractivity contribution in [2.24, 2.45) is 0 Å². The Labute approximate surface area is 140 Å². The van der Waals surface area contributed by atoms with E-state index in [0.29, 0.717) is 0 Å². The molecule has 0 aliphatic carbocycles. The Morgan fingerprint density at radius 3 is 2.83 bits per heavy atom. The molecule has 0 aliphatic heterocycles. The van der Waals surface area contributed by atoms with Gasteiger partial charge in [-0.3, -0.25) is 9.59 Å². The predicted molar refractivity (Wildman–Crippen MR) is 88.8 cm³/mol. The lowest BCUT2D eigenvalue weighted by Gasteiger charge is -2.21. The van der Waals surface area contributed by atoms with Crippen LogP contribution in [0.5, 0.6) is 0 Å². The summed E-state index contributed by atoms with van der Waals surface area (Å²) in [5.74, 6) is -0.834. The molecule has 24 heavy (non-hydrogen) atoms. The van der Waals surface area contributed by atoms with Gasteiger partial charge in [-0.2, -0.15) is 5.26 Å². The average molecular weight is 328 g/mol. The van der Waals surface area contributed by atoms with E-state index < -0.39 is 17.9 Å². The highest BCUT2D eigenvalue weighted by Gasteiger charge is 2.26. The van der Waals surface area contributed by atoms with Crippen LogP contribution in [0.4, 0.5) is 0 Å². The molecule has 2 N–H and O–H groups in total. The highest BCUT2D eigenvalue weighted by molar-refractivity contribution is 5.90. The molecular formula is C17H20N4O3. The second kappa shape index (κ2) is 8.13. The summed E-state index contributed by atoms with van der Waals surface area (Å²) in [7, 11) is 1.41. The minimum absolute atomic E-state index is 0.143. The summed E-state index contributed by atoms with van der Waals surface area (Å²) in [4.78, 5) is 28.6. The molecule has 0 saturated carbocycles. The molecule has 0 bridgehead atoms. The van der Waals surface area contributed by atoms with Gasteiger partial charge >= 0.3 is 0 Å². The summed E-state index contributed by atoms with van der Waals surface area (Å²) in [6.45, 7) is 1.82. The molecule has 0 fully saturated rings. The normalized spacial score (nSPS) is 11.7. The molecule has 0 saturated heterocycles. The van der Waals surface area contributed by atoms with Gasteiger partial charge in [-0.1, -0.05) is 18.2 Å². The number of carbonyl (C=O) groups excluding carboxylic acids is 2. The first-order valence-corrected chi connectivity index (χ1v) is 7.65. The fourth-order valence-electron chi connectivity index (χ4n) is 2.55. The lowest BCUT2D eigenvalue weighted by Crippen LogP contribution is -2.49. The second-order valence-corrected chi connectivity index (χ2v) is 5.30. The van der Waals surface area contributed by atoms with Crippen molar-refractivity contribution in [3.05, 3.63) is 36.0 Å². The molecule has 7 heteroatoms. The number of rotatable bonds is 7. The van der Waals surface area contributed by atoms with E-state index in [9.17, 15) is 9.59 Å². The van der Waals surface area contributed by atoms with Crippen molar-refractivity contribution in [3.63, 3.8) is 0 Å². The predicted octanol–water partition coefficient (Wildman–Crippen LogP) is 1.17. The molecule has 2 aromatic rings. The number of aromatic nitrogens is 1. The molecule has 1 aromatic carbocycles. The topological polar surface area (TPSA) is 98.2 Å². The molecular weight excluding hydrogens is 308 g/mol. The number of likely N-dealkylation sites (N-methyl/N-ethyl adjacent to an activating group) is 1. The van der Waals surface area contributed by atoms with E-state index in [1.165, 1.54) is 7.11 Å². The monoisotopic (exact) mass is 328 g/mol. The summed E-state index contributed by atoms with van der Waals surface area (Å²) in [5, 5.41) is 12.7. The highest BCUT2D eigenvalue weighted by atomic mass is 16.5.